The Morgan fingerprint density at radius 2 is 1.93 bits per heavy atom. The summed E-state index contributed by atoms with van der Waals surface area (Å²) in [5, 5.41) is 0.641. The number of nitrogens with two attached hydrogens (primary N) is 1. The van der Waals surface area contributed by atoms with Gasteiger partial charge in [0.15, 0.2) is 5.78 Å². The molecule has 1 unspecified atom stereocenters. The molecule has 152 valence electrons. The molecule has 0 radical (unpaired) electrons. The van der Waals surface area contributed by atoms with Crippen LogP contribution in [0.4, 0.5) is 0 Å². The molecule has 2 N–H and O–H groups in total. The Balaban J connectivity index is 1.62. The normalized spacial score (nSPS) is 23.9. The van der Waals surface area contributed by atoms with Crippen LogP contribution in [0.3, 0.4) is 0 Å². The number of allylic oxidation sites excluding steroid dienone is 1. The molecule has 7 heteroatoms. The molecule has 6 nitrogen and oxygen atoms in total. The van der Waals surface area contributed by atoms with Crippen LogP contribution in [-0.2, 0) is 9.53 Å². The number of benzene rings is 1. The van der Waals surface area contributed by atoms with Crippen molar-refractivity contribution >= 4 is 23.3 Å². The second kappa shape index (κ2) is 7.04. The fraction of sp³-hybridized carbons (Fsp3) is 0.364. The summed E-state index contributed by atoms with van der Waals surface area (Å²) in [7, 11) is 0. The van der Waals surface area contributed by atoms with Gasteiger partial charge in [-0.25, -0.2) is 0 Å². The minimum atomic E-state index is -0.743. The number of hydrogen-bond acceptors (Lipinski definition) is 4. The third-order valence-corrected chi connectivity index (χ3v) is 5.86. The number of halogens is 1. The summed E-state index contributed by atoms with van der Waals surface area (Å²) in [4.78, 5) is 27.5. The standard InChI is InChI=1S/C22H24ClN3O3/c1-21(2)13-22(12-17(24)19(21)27)14-25(10-11-29-22)20(28)18-4-3-9-26(18)16-7-5-15(23)6-8-16/h3-9,12H,10-11,13-14,24H2,1-2H3. The molecule has 1 aromatic carbocycles. The van der Waals surface area contributed by atoms with Gasteiger partial charge < -0.3 is 19.9 Å². The van der Waals surface area contributed by atoms with E-state index in [0.29, 0.717) is 36.8 Å². The molecule has 1 saturated heterocycles. The summed E-state index contributed by atoms with van der Waals surface area (Å²) in [5.41, 5.74) is 6.26. The zero-order chi connectivity index (χ0) is 20.8. The predicted octanol–water partition coefficient (Wildman–Crippen LogP) is 3.18. The summed E-state index contributed by atoms with van der Waals surface area (Å²) < 4.78 is 7.91. The minimum absolute atomic E-state index is 0.0770. The van der Waals surface area contributed by atoms with Crippen LogP contribution in [-0.4, -0.2) is 46.5 Å². The quantitative estimate of drug-likeness (QED) is 0.820. The first-order valence-corrected chi connectivity index (χ1v) is 9.98. The topological polar surface area (TPSA) is 77.6 Å². The predicted molar refractivity (Wildman–Crippen MR) is 111 cm³/mol. The SMILES string of the molecule is CC1(C)CC2(C=C(N)C1=O)CN(C(=O)c1cccn1-c1ccc(Cl)cc1)CCO2. The van der Waals surface area contributed by atoms with Crippen molar-refractivity contribution in [3.8, 4) is 5.69 Å². The largest absolute Gasteiger partial charge is 0.396 e. The Labute approximate surface area is 174 Å². The third kappa shape index (κ3) is 3.58. The monoisotopic (exact) mass is 413 g/mol. The van der Waals surface area contributed by atoms with E-state index in [0.717, 1.165) is 5.69 Å². The number of morpholine rings is 1. The lowest BCUT2D eigenvalue weighted by atomic mass is 9.71. The molecule has 2 heterocycles. The van der Waals surface area contributed by atoms with E-state index < -0.39 is 11.0 Å². The maximum atomic E-state index is 13.4. The minimum Gasteiger partial charge on any atom is -0.396 e. The van der Waals surface area contributed by atoms with Crippen LogP contribution in [0, 0.1) is 5.41 Å². The third-order valence-electron chi connectivity index (χ3n) is 5.61. The zero-order valence-electron chi connectivity index (χ0n) is 16.5. The maximum absolute atomic E-state index is 13.4. The fourth-order valence-electron chi connectivity index (χ4n) is 4.34. The molecule has 0 bridgehead atoms. The Morgan fingerprint density at radius 1 is 1.21 bits per heavy atom. The van der Waals surface area contributed by atoms with Gasteiger partial charge >= 0.3 is 0 Å². The Morgan fingerprint density at radius 3 is 2.62 bits per heavy atom. The molecule has 1 aliphatic heterocycles. The molecular weight excluding hydrogens is 390 g/mol. The van der Waals surface area contributed by atoms with Crippen LogP contribution >= 0.6 is 11.6 Å². The highest BCUT2D eigenvalue weighted by Gasteiger charge is 2.48. The number of aromatic nitrogens is 1. The van der Waals surface area contributed by atoms with E-state index in [1.54, 1.807) is 29.2 Å². The van der Waals surface area contributed by atoms with Gasteiger partial charge in [0, 0.05) is 28.9 Å². The summed E-state index contributed by atoms with van der Waals surface area (Å²) >= 11 is 5.99. The Hall–Kier alpha value is -2.57. The van der Waals surface area contributed by atoms with Gasteiger partial charge in [-0.2, -0.15) is 0 Å². The van der Waals surface area contributed by atoms with Gasteiger partial charge in [-0.15, -0.1) is 0 Å². The van der Waals surface area contributed by atoms with Crippen molar-refractivity contribution in [3.05, 3.63) is 65.1 Å². The molecule has 29 heavy (non-hydrogen) atoms. The molecule has 2 aromatic rings. The Bertz CT molecular complexity index is 993. The van der Waals surface area contributed by atoms with Crippen LogP contribution < -0.4 is 5.73 Å². The second-order valence-electron chi connectivity index (χ2n) is 8.37. The number of carbonyl (C=O) groups excluding carboxylic acids is 2. The fourth-order valence-corrected chi connectivity index (χ4v) is 4.46. The number of amides is 1. The van der Waals surface area contributed by atoms with Crippen LogP contribution in [0.15, 0.2) is 54.4 Å². The highest BCUT2D eigenvalue weighted by atomic mass is 35.5. The van der Waals surface area contributed by atoms with E-state index >= 15 is 0 Å². The molecular formula is C22H24ClN3O3. The highest BCUT2D eigenvalue weighted by molar-refractivity contribution is 6.30. The number of carbonyl (C=O) groups is 2. The number of ketones is 1. The van der Waals surface area contributed by atoms with Crippen LogP contribution in [0.5, 0.6) is 0 Å². The lowest BCUT2D eigenvalue weighted by Crippen LogP contribution is -2.57. The zero-order valence-corrected chi connectivity index (χ0v) is 17.3. The van der Waals surface area contributed by atoms with Gasteiger partial charge in [-0.05, 0) is 48.9 Å². The molecule has 1 amide bonds. The number of nitrogens with zero attached hydrogens (tertiary/aromatic N) is 2. The smallest absolute Gasteiger partial charge is 0.271 e. The number of ether oxygens (including phenoxy) is 1. The average Bonchev–Trinajstić information content (AvgIpc) is 3.15. The first-order valence-electron chi connectivity index (χ1n) is 9.60. The van der Waals surface area contributed by atoms with E-state index in [9.17, 15) is 9.59 Å². The van der Waals surface area contributed by atoms with Gasteiger partial charge in [0.25, 0.3) is 5.91 Å². The van der Waals surface area contributed by atoms with Crippen molar-refractivity contribution in [1.29, 1.82) is 0 Å². The summed E-state index contributed by atoms with van der Waals surface area (Å²) in [6.07, 6.45) is 4.03. The molecule has 2 aliphatic rings. The lowest BCUT2D eigenvalue weighted by Gasteiger charge is -2.46. The van der Waals surface area contributed by atoms with E-state index in [1.165, 1.54) is 0 Å². The number of hydrogen-bond donors (Lipinski definition) is 1. The Kier molecular flexibility index (Phi) is 4.79. The highest BCUT2D eigenvalue weighted by Crippen LogP contribution is 2.40. The number of Topliss-reactive ketones (excluding diaryl/α,β-unsaturated/α-hetero) is 1. The van der Waals surface area contributed by atoms with Crippen LogP contribution in [0.1, 0.15) is 30.8 Å². The van der Waals surface area contributed by atoms with Gasteiger partial charge in [0.1, 0.15) is 11.3 Å². The van der Waals surface area contributed by atoms with Gasteiger partial charge in [-0.3, -0.25) is 9.59 Å². The van der Waals surface area contributed by atoms with Gasteiger partial charge in [0.2, 0.25) is 0 Å². The molecule has 1 atom stereocenters. The first-order chi connectivity index (χ1) is 13.7. The van der Waals surface area contributed by atoms with Crippen molar-refractivity contribution in [2.45, 2.75) is 25.9 Å². The molecule has 0 saturated carbocycles. The number of rotatable bonds is 2. The lowest BCUT2D eigenvalue weighted by molar-refractivity contribution is -0.135. The summed E-state index contributed by atoms with van der Waals surface area (Å²) in [6.45, 7) is 4.96. The maximum Gasteiger partial charge on any atom is 0.271 e. The summed E-state index contributed by atoms with van der Waals surface area (Å²) in [6, 6.07) is 11.0. The van der Waals surface area contributed by atoms with Crippen molar-refractivity contribution in [2.75, 3.05) is 19.7 Å². The van der Waals surface area contributed by atoms with E-state index in [1.807, 2.05) is 42.8 Å². The van der Waals surface area contributed by atoms with Crippen molar-refractivity contribution in [1.82, 2.24) is 9.47 Å². The van der Waals surface area contributed by atoms with Crippen molar-refractivity contribution < 1.29 is 14.3 Å². The molecule has 1 aromatic heterocycles. The van der Waals surface area contributed by atoms with Crippen molar-refractivity contribution in [2.24, 2.45) is 11.1 Å². The summed E-state index contributed by atoms with van der Waals surface area (Å²) in [5.74, 6) is -0.166. The van der Waals surface area contributed by atoms with Gasteiger partial charge in [-0.1, -0.05) is 25.4 Å². The van der Waals surface area contributed by atoms with Crippen molar-refractivity contribution in [3.63, 3.8) is 0 Å². The first kappa shape index (κ1) is 19.7. The molecule has 1 spiro atoms. The second-order valence-corrected chi connectivity index (χ2v) is 8.81. The van der Waals surface area contributed by atoms with E-state index in [-0.39, 0.29) is 17.4 Å². The van der Waals surface area contributed by atoms with Crippen LogP contribution in [0.25, 0.3) is 5.69 Å². The average molecular weight is 414 g/mol. The van der Waals surface area contributed by atoms with E-state index in [2.05, 4.69) is 0 Å². The van der Waals surface area contributed by atoms with Gasteiger partial charge in [0.05, 0.1) is 18.8 Å². The molecule has 1 fully saturated rings. The van der Waals surface area contributed by atoms with E-state index in [4.69, 9.17) is 22.1 Å². The molecule has 4 rings (SSSR count). The molecule has 1 aliphatic carbocycles. The van der Waals surface area contributed by atoms with Crippen LogP contribution in [0.2, 0.25) is 5.02 Å².